The summed E-state index contributed by atoms with van der Waals surface area (Å²) in [6.45, 7) is 6.85. The molecule has 0 unspecified atom stereocenters. The van der Waals surface area contributed by atoms with Gasteiger partial charge < -0.3 is 9.64 Å². The topological polar surface area (TPSA) is 12.5 Å². The molecule has 2 nitrogen and oxygen atoms in total. The molecule has 1 aliphatic rings. The van der Waals surface area contributed by atoms with Crippen LogP contribution in [0.3, 0.4) is 0 Å². The molecule has 0 saturated carbocycles. The maximum atomic E-state index is 5.33. The van der Waals surface area contributed by atoms with Crippen molar-refractivity contribution in [2.45, 2.75) is 26.7 Å². The van der Waals surface area contributed by atoms with E-state index >= 15 is 0 Å². The van der Waals surface area contributed by atoms with Gasteiger partial charge in [-0.3, -0.25) is 0 Å². The van der Waals surface area contributed by atoms with Gasteiger partial charge in [-0.15, -0.1) is 0 Å². The van der Waals surface area contributed by atoms with Crippen molar-refractivity contribution in [3.8, 4) is 0 Å². The fraction of sp³-hybridized carbons (Fsp3) is 0.667. The van der Waals surface area contributed by atoms with Crippen LogP contribution in [0.4, 0.5) is 0 Å². The Kier molecular flexibility index (Phi) is 4.74. The van der Waals surface area contributed by atoms with Gasteiger partial charge in [0.2, 0.25) is 0 Å². The lowest BCUT2D eigenvalue weighted by Gasteiger charge is -2.24. The molecule has 14 heavy (non-hydrogen) atoms. The fourth-order valence-electron chi connectivity index (χ4n) is 1.54. The van der Waals surface area contributed by atoms with E-state index in [-0.39, 0.29) is 0 Å². The third-order valence-corrected chi connectivity index (χ3v) is 2.60. The van der Waals surface area contributed by atoms with Crippen molar-refractivity contribution >= 4 is 0 Å². The molecule has 0 spiro atoms. The predicted molar refractivity (Wildman–Crippen MR) is 60.2 cm³/mol. The first-order valence-corrected chi connectivity index (χ1v) is 5.39. The maximum absolute atomic E-state index is 5.33. The highest BCUT2D eigenvalue weighted by Gasteiger charge is 2.07. The summed E-state index contributed by atoms with van der Waals surface area (Å²) in [5.41, 5.74) is 2.90. The summed E-state index contributed by atoms with van der Waals surface area (Å²) < 4.78 is 5.33. The number of hydrogen-bond acceptors (Lipinski definition) is 2. The zero-order chi connectivity index (χ0) is 10.4. The minimum absolute atomic E-state index is 0.811. The smallest absolute Gasteiger partial charge is 0.0641 e. The molecule has 0 fully saturated rings. The predicted octanol–water partition coefficient (Wildman–Crippen LogP) is 2.58. The summed E-state index contributed by atoms with van der Waals surface area (Å²) in [7, 11) is 2.14. The van der Waals surface area contributed by atoms with Crippen molar-refractivity contribution < 1.29 is 4.74 Å². The van der Waals surface area contributed by atoms with Gasteiger partial charge in [0.1, 0.15) is 0 Å². The Bertz CT molecular complexity index is 230. The van der Waals surface area contributed by atoms with E-state index in [1.54, 1.807) is 0 Å². The van der Waals surface area contributed by atoms with Gasteiger partial charge in [-0.2, -0.15) is 0 Å². The minimum Gasteiger partial charge on any atom is -0.380 e. The van der Waals surface area contributed by atoms with E-state index < -0.39 is 0 Å². The number of likely N-dealkylation sites (N-methyl/N-ethyl adjacent to an activating group) is 1. The first-order valence-electron chi connectivity index (χ1n) is 5.39. The molecule has 1 aliphatic carbocycles. The largest absolute Gasteiger partial charge is 0.380 e. The Balaban J connectivity index is 2.33. The summed E-state index contributed by atoms with van der Waals surface area (Å²) in [5.74, 6) is 0. The zero-order valence-corrected chi connectivity index (χ0v) is 9.55. The highest BCUT2D eigenvalue weighted by molar-refractivity contribution is 5.21. The molecule has 0 aromatic rings. The van der Waals surface area contributed by atoms with Crippen LogP contribution in [-0.4, -0.2) is 31.7 Å². The molecule has 80 valence electrons. The van der Waals surface area contributed by atoms with Gasteiger partial charge in [-0.1, -0.05) is 11.6 Å². The Hall–Kier alpha value is -0.760. The molecule has 0 amide bonds. The lowest BCUT2D eigenvalue weighted by Crippen LogP contribution is -2.23. The summed E-state index contributed by atoms with van der Waals surface area (Å²) in [6.07, 6.45) is 6.82. The summed E-state index contributed by atoms with van der Waals surface area (Å²) in [5, 5.41) is 0. The van der Waals surface area contributed by atoms with Crippen molar-refractivity contribution in [2.24, 2.45) is 0 Å². The van der Waals surface area contributed by atoms with Gasteiger partial charge in [-0.05, 0) is 32.8 Å². The second-order valence-corrected chi connectivity index (χ2v) is 3.79. The second-order valence-electron chi connectivity index (χ2n) is 3.79. The van der Waals surface area contributed by atoms with Crippen LogP contribution in [0.1, 0.15) is 26.7 Å². The van der Waals surface area contributed by atoms with Crippen LogP contribution >= 0.6 is 0 Å². The number of hydrogen-bond donors (Lipinski definition) is 0. The van der Waals surface area contributed by atoms with Gasteiger partial charge in [0, 0.05) is 25.9 Å². The first-order chi connectivity index (χ1) is 6.74. The van der Waals surface area contributed by atoms with E-state index in [9.17, 15) is 0 Å². The van der Waals surface area contributed by atoms with E-state index in [1.165, 1.54) is 24.1 Å². The normalized spacial score (nSPS) is 16.2. The molecule has 0 aromatic heterocycles. The molecule has 1 rings (SSSR count). The van der Waals surface area contributed by atoms with Crippen LogP contribution in [0.15, 0.2) is 23.4 Å². The lowest BCUT2D eigenvalue weighted by molar-refractivity contribution is 0.129. The Morgan fingerprint density at radius 3 is 2.71 bits per heavy atom. The first kappa shape index (κ1) is 11.3. The van der Waals surface area contributed by atoms with E-state index in [2.05, 4.69) is 31.0 Å². The van der Waals surface area contributed by atoms with Gasteiger partial charge in [0.25, 0.3) is 0 Å². The molecule has 0 saturated heterocycles. The summed E-state index contributed by atoms with van der Waals surface area (Å²) in [4.78, 5) is 2.29. The molecule has 2 heteroatoms. The number of rotatable bonds is 5. The Morgan fingerprint density at radius 2 is 2.14 bits per heavy atom. The van der Waals surface area contributed by atoms with E-state index in [1.807, 2.05) is 6.92 Å². The zero-order valence-electron chi connectivity index (χ0n) is 9.55. The van der Waals surface area contributed by atoms with E-state index in [0.717, 1.165) is 19.8 Å². The van der Waals surface area contributed by atoms with Crippen molar-refractivity contribution in [2.75, 3.05) is 26.8 Å². The maximum Gasteiger partial charge on any atom is 0.0641 e. The van der Waals surface area contributed by atoms with Crippen molar-refractivity contribution in [3.63, 3.8) is 0 Å². The van der Waals surface area contributed by atoms with Crippen LogP contribution in [0.5, 0.6) is 0 Å². The van der Waals surface area contributed by atoms with Gasteiger partial charge in [0.05, 0.1) is 6.61 Å². The average Bonchev–Trinajstić information content (AvgIpc) is 2.19. The van der Waals surface area contributed by atoms with E-state index in [0.29, 0.717) is 0 Å². The standard InChI is InChI=1S/C12H21NO/c1-4-14-10-9-13(3)12-7-5-11(2)6-8-12/h5,7H,4,6,8-10H2,1-3H3. The Morgan fingerprint density at radius 1 is 1.36 bits per heavy atom. The molecular formula is C12H21NO. The van der Waals surface area contributed by atoms with Crippen LogP contribution in [0.25, 0.3) is 0 Å². The van der Waals surface area contributed by atoms with Crippen molar-refractivity contribution in [3.05, 3.63) is 23.4 Å². The SMILES string of the molecule is CCOCCN(C)C1=CC=C(C)CC1. The molecule has 0 atom stereocenters. The fourth-order valence-corrected chi connectivity index (χ4v) is 1.54. The summed E-state index contributed by atoms with van der Waals surface area (Å²) >= 11 is 0. The highest BCUT2D eigenvalue weighted by atomic mass is 16.5. The van der Waals surface area contributed by atoms with Crippen LogP contribution < -0.4 is 0 Å². The minimum atomic E-state index is 0.811. The molecule has 0 N–H and O–H groups in total. The highest BCUT2D eigenvalue weighted by Crippen LogP contribution is 2.19. The molecule has 0 bridgehead atoms. The number of ether oxygens (including phenoxy) is 1. The second kappa shape index (κ2) is 5.86. The molecular weight excluding hydrogens is 174 g/mol. The number of allylic oxidation sites excluding steroid dienone is 4. The third-order valence-electron chi connectivity index (χ3n) is 2.60. The summed E-state index contributed by atoms with van der Waals surface area (Å²) in [6, 6.07) is 0. The quantitative estimate of drug-likeness (QED) is 0.625. The lowest BCUT2D eigenvalue weighted by atomic mass is 10.0. The van der Waals surface area contributed by atoms with E-state index in [4.69, 9.17) is 4.74 Å². The molecule has 0 heterocycles. The monoisotopic (exact) mass is 195 g/mol. The third kappa shape index (κ3) is 3.54. The Labute approximate surface area is 87.2 Å². The van der Waals surface area contributed by atoms with Crippen LogP contribution in [-0.2, 0) is 4.74 Å². The van der Waals surface area contributed by atoms with Gasteiger partial charge in [-0.25, -0.2) is 0 Å². The van der Waals surface area contributed by atoms with Crippen molar-refractivity contribution in [1.29, 1.82) is 0 Å². The van der Waals surface area contributed by atoms with Gasteiger partial charge >= 0.3 is 0 Å². The molecule has 0 aromatic carbocycles. The van der Waals surface area contributed by atoms with Crippen molar-refractivity contribution in [1.82, 2.24) is 4.90 Å². The molecule has 0 aliphatic heterocycles. The molecule has 0 radical (unpaired) electrons. The average molecular weight is 195 g/mol. The number of nitrogens with zero attached hydrogens (tertiary/aromatic N) is 1. The van der Waals surface area contributed by atoms with Crippen LogP contribution in [0, 0.1) is 0 Å². The van der Waals surface area contributed by atoms with Crippen LogP contribution in [0.2, 0.25) is 0 Å². The van der Waals surface area contributed by atoms with Gasteiger partial charge in [0.15, 0.2) is 0 Å².